The number of amides is 1. The van der Waals surface area contributed by atoms with E-state index in [-0.39, 0.29) is 34.1 Å². The largest absolute Gasteiger partial charge is 0.432 e. The first kappa shape index (κ1) is 21.4. The van der Waals surface area contributed by atoms with Crippen molar-refractivity contribution in [2.45, 2.75) is 29.5 Å². The summed E-state index contributed by atoms with van der Waals surface area (Å²) in [5.41, 5.74) is -3.33. The first-order valence-electron chi connectivity index (χ1n) is 8.47. The molecule has 156 valence electrons. The molecule has 0 saturated heterocycles. The molecule has 2 aromatic rings. The molecule has 0 spiro atoms. The molecule has 1 aliphatic heterocycles. The van der Waals surface area contributed by atoms with Gasteiger partial charge in [-0.15, -0.1) is 0 Å². The zero-order valence-electron chi connectivity index (χ0n) is 14.8. The lowest BCUT2D eigenvalue weighted by atomic mass is 9.86. The van der Waals surface area contributed by atoms with Gasteiger partial charge in [0.15, 0.2) is 0 Å². The number of alkyl halides is 3. The summed E-state index contributed by atoms with van der Waals surface area (Å²) in [6.45, 7) is -0.282. The van der Waals surface area contributed by atoms with Crippen molar-refractivity contribution in [2.24, 2.45) is 0 Å². The van der Waals surface area contributed by atoms with Gasteiger partial charge in [0, 0.05) is 23.6 Å². The van der Waals surface area contributed by atoms with Crippen LogP contribution >= 0.6 is 11.6 Å². The second-order valence-electron chi connectivity index (χ2n) is 6.34. The molecule has 0 saturated carbocycles. The Kier molecular flexibility index (Phi) is 5.79. The van der Waals surface area contributed by atoms with Crippen LogP contribution in [-0.4, -0.2) is 27.2 Å². The maximum absolute atomic E-state index is 14.0. The highest BCUT2D eigenvalue weighted by Crippen LogP contribution is 2.50. The third kappa shape index (κ3) is 4.34. The van der Waals surface area contributed by atoms with Gasteiger partial charge in [-0.3, -0.25) is 5.32 Å². The van der Waals surface area contributed by atoms with E-state index in [2.05, 4.69) is 10.0 Å². The van der Waals surface area contributed by atoms with Crippen molar-refractivity contribution in [1.29, 1.82) is 0 Å². The van der Waals surface area contributed by atoms with Crippen LogP contribution in [0.25, 0.3) is 0 Å². The van der Waals surface area contributed by atoms with Crippen LogP contribution in [0.4, 0.5) is 23.7 Å². The van der Waals surface area contributed by atoms with Crippen molar-refractivity contribution < 1.29 is 31.1 Å². The fourth-order valence-electron chi connectivity index (χ4n) is 3.07. The number of fused-ring (bicyclic) bond motifs is 1. The number of benzene rings is 2. The van der Waals surface area contributed by atoms with E-state index >= 15 is 0 Å². The monoisotopic (exact) mass is 448 g/mol. The Morgan fingerprint density at radius 2 is 1.83 bits per heavy atom. The fraction of sp³-hybridized carbons (Fsp3) is 0.278. The van der Waals surface area contributed by atoms with Crippen molar-refractivity contribution in [1.82, 2.24) is 4.72 Å². The summed E-state index contributed by atoms with van der Waals surface area (Å²) < 4.78 is 73.5. The quantitative estimate of drug-likeness (QED) is 0.641. The molecular formula is C18H16ClF3N2O4S. The molecule has 2 aromatic carbocycles. The summed E-state index contributed by atoms with van der Waals surface area (Å²) in [5.74, 6) is 0. The molecule has 0 aliphatic carbocycles. The molecule has 0 bridgehead atoms. The van der Waals surface area contributed by atoms with Crippen LogP contribution in [0.5, 0.6) is 0 Å². The zero-order chi connectivity index (χ0) is 21.3. The zero-order valence-corrected chi connectivity index (χ0v) is 16.4. The molecule has 2 N–H and O–H groups in total. The van der Waals surface area contributed by atoms with Crippen LogP contribution in [0.15, 0.2) is 53.4 Å². The van der Waals surface area contributed by atoms with E-state index in [4.69, 9.17) is 16.3 Å². The smallest absolute Gasteiger partial charge is 0.428 e. The third-order valence-corrected chi connectivity index (χ3v) is 6.14. The molecule has 0 radical (unpaired) electrons. The first-order chi connectivity index (χ1) is 13.6. The molecule has 1 amide bonds. The van der Waals surface area contributed by atoms with Crippen LogP contribution in [0.2, 0.25) is 5.02 Å². The minimum Gasteiger partial charge on any atom is -0.428 e. The lowest BCUT2D eigenvalue weighted by molar-refractivity contribution is -0.267. The molecule has 1 heterocycles. The number of halogens is 4. The fourth-order valence-corrected chi connectivity index (χ4v) is 4.34. The van der Waals surface area contributed by atoms with Crippen molar-refractivity contribution in [2.75, 3.05) is 11.9 Å². The van der Waals surface area contributed by atoms with Gasteiger partial charge in [-0.2, -0.15) is 13.2 Å². The second kappa shape index (κ2) is 7.85. The highest BCUT2D eigenvalue weighted by atomic mass is 35.5. The summed E-state index contributed by atoms with van der Waals surface area (Å²) in [6, 6.07) is 11.1. The van der Waals surface area contributed by atoms with E-state index in [1.165, 1.54) is 36.4 Å². The number of nitrogens with one attached hydrogen (secondary N) is 2. The summed E-state index contributed by atoms with van der Waals surface area (Å²) in [5, 5.41) is 2.26. The Morgan fingerprint density at radius 3 is 2.48 bits per heavy atom. The molecular weight excluding hydrogens is 433 g/mol. The molecule has 1 unspecified atom stereocenters. The number of ether oxygens (including phenoxy) is 1. The second-order valence-corrected chi connectivity index (χ2v) is 8.55. The number of rotatable bonds is 6. The highest BCUT2D eigenvalue weighted by molar-refractivity contribution is 7.89. The van der Waals surface area contributed by atoms with Gasteiger partial charge in [0.1, 0.15) is 0 Å². The summed E-state index contributed by atoms with van der Waals surface area (Å²) in [7, 11) is -3.87. The Bertz CT molecular complexity index is 1020. The van der Waals surface area contributed by atoms with Crippen molar-refractivity contribution in [3.63, 3.8) is 0 Å². The van der Waals surface area contributed by atoms with Gasteiger partial charge in [0.2, 0.25) is 15.6 Å². The van der Waals surface area contributed by atoms with Crippen LogP contribution in [0, 0.1) is 0 Å². The van der Waals surface area contributed by atoms with Gasteiger partial charge in [-0.1, -0.05) is 29.8 Å². The van der Waals surface area contributed by atoms with Gasteiger partial charge in [-0.05, 0) is 36.8 Å². The number of carbonyl (C=O) groups excluding carboxylic acids is 1. The number of cyclic esters (lactones) is 1. The minimum absolute atomic E-state index is 0.00374. The van der Waals surface area contributed by atoms with E-state index in [0.29, 0.717) is 0 Å². The summed E-state index contributed by atoms with van der Waals surface area (Å²) in [6.07, 6.45) is -7.12. The summed E-state index contributed by atoms with van der Waals surface area (Å²) >= 11 is 5.85. The van der Waals surface area contributed by atoms with E-state index in [0.717, 1.165) is 6.07 Å². The summed E-state index contributed by atoms with van der Waals surface area (Å²) in [4.78, 5) is 11.8. The Morgan fingerprint density at radius 1 is 1.14 bits per heavy atom. The first-order valence-corrected chi connectivity index (χ1v) is 10.3. The van der Waals surface area contributed by atoms with Gasteiger partial charge >= 0.3 is 12.3 Å². The van der Waals surface area contributed by atoms with E-state index in [1.54, 1.807) is 6.07 Å². The topological polar surface area (TPSA) is 84.5 Å². The molecule has 6 nitrogen and oxygen atoms in total. The van der Waals surface area contributed by atoms with Crippen molar-refractivity contribution >= 4 is 33.4 Å². The lowest BCUT2D eigenvalue weighted by Crippen LogP contribution is -2.50. The molecule has 11 heteroatoms. The van der Waals surface area contributed by atoms with E-state index < -0.39 is 34.3 Å². The maximum atomic E-state index is 14.0. The predicted molar refractivity (Wildman–Crippen MR) is 100 cm³/mol. The van der Waals surface area contributed by atoms with E-state index in [9.17, 15) is 26.4 Å². The number of sulfonamides is 1. The SMILES string of the molecule is O=C1Nc2ccc(Cl)cc2C(CCCNS(=O)(=O)c2ccccc2)(C(F)(F)F)O1. The Hall–Kier alpha value is -2.30. The Labute approximate surface area is 170 Å². The third-order valence-electron chi connectivity index (χ3n) is 4.43. The Balaban J connectivity index is 1.82. The lowest BCUT2D eigenvalue weighted by Gasteiger charge is -2.39. The van der Waals surface area contributed by atoms with Gasteiger partial charge < -0.3 is 4.74 Å². The maximum Gasteiger partial charge on any atom is 0.432 e. The van der Waals surface area contributed by atoms with Crippen LogP contribution in [0.3, 0.4) is 0 Å². The van der Waals surface area contributed by atoms with Crippen molar-refractivity contribution in [3.05, 3.63) is 59.1 Å². The molecule has 3 rings (SSSR count). The van der Waals surface area contributed by atoms with Gasteiger partial charge in [-0.25, -0.2) is 17.9 Å². The molecule has 1 atom stereocenters. The number of carbonyl (C=O) groups is 1. The highest BCUT2D eigenvalue weighted by Gasteiger charge is 2.61. The number of hydrogen-bond acceptors (Lipinski definition) is 4. The van der Waals surface area contributed by atoms with Crippen LogP contribution < -0.4 is 10.0 Å². The number of anilines is 1. The average molecular weight is 449 g/mol. The molecule has 1 aliphatic rings. The predicted octanol–water partition coefficient (Wildman–Crippen LogP) is 4.42. The van der Waals surface area contributed by atoms with Crippen LogP contribution in [0.1, 0.15) is 18.4 Å². The van der Waals surface area contributed by atoms with Crippen molar-refractivity contribution in [3.8, 4) is 0 Å². The normalized spacial score (nSPS) is 19.2. The number of hydrogen-bond donors (Lipinski definition) is 2. The standard InChI is InChI=1S/C18H16ClF3N2O4S/c19-12-7-8-15-14(11-12)17(18(20,21)22,28-16(25)24-15)9-4-10-23-29(26,27)13-5-2-1-3-6-13/h1-3,5-8,11,23H,4,9-10H2,(H,24,25). The molecule has 29 heavy (non-hydrogen) atoms. The molecule has 0 aromatic heterocycles. The van der Waals surface area contributed by atoms with Gasteiger partial charge in [0.25, 0.3) is 0 Å². The minimum atomic E-state index is -4.94. The average Bonchev–Trinajstić information content (AvgIpc) is 2.65. The van der Waals surface area contributed by atoms with Gasteiger partial charge in [0.05, 0.1) is 10.6 Å². The van der Waals surface area contributed by atoms with E-state index in [1.807, 2.05) is 0 Å². The van der Waals surface area contributed by atoms with Crippen LogP contribution in [-0.2, 0) is 20.4 Å². The molecule has 0 fully saturated rings.